The lowest BCUT2D eigenvalue weighted by molar-refractivity contribution is 0.253. The van der Waals surface area contributed by atoms with Gasteiger partial charge in [-0.15, -0.1) is 0 Å². The van der Waals surface area contributed by atoms with Gasteiger partial charge in [0.1, 0.15) is 11.2 Å². The van der Waals surface area contributed by atoms with Crippen molar-refractivity contribution < 1.29 is 9.25 Å². The van der Waals surface area contributed by atoms with Crippen molar-refractivity contribution in [3.63, 3.8) is 0 Å². The summed E-state index contributed by atoms with van der Waals surface area (Å²) >= 11 is 0. The molecular formula is C19H26N4O4. The number of likely N-dealkylation sites (tertiary alicyclic amines) is 1. The highest BCUT2D eigenvalue weighted by molar-refractivity contribution is 5.82. The second-order valence-corrected chi connectivity index (χ2v) is 7.01. The summed E-state index contributed by atoms with van der Waals surface area (Å²) in [4.78, 5) is 38.4. The topological polar surface area (TPSA) is 101 Å². The molecule has 2 aromatic heterocycles. The molecule has 0 atom stereocenters. The van der Waals surface area contributed by atoms with E-state index in [-0.39, 0.29) is 17.1 Å². The van der Waals surface area contributed by atoms with Crippen molar-refractivity contribution >= 4 is 16.9 Å². The fourth-order valence-corrected chi connectivity index (χ4v) is 3.30. The van der Waals surface area contributed by atoms with E-state index in [1.807, 2.05) is 6.92 Å². The molecule has 2 aromatic rings. The first-order valence-corrected chi connectivity index (χ1v) is 9.57. The Balaban J connectivity index is 1.89. The number of aromatic amines is 1. The van der Waals surface area contributed by atoms with Crippen molar-refractivity contribution in [1.82, 2.24) is 14.9 Å². The van der Waals surface area contributed by atoms with Crippen LogP contribution in [0.3, 0.4) is 0 Å². The van der Waals surface area contributed by atoms with Crippen LogP contribution in [-0.2, 0) is 6.42 Å². The summed E-state index contributed by atoms with van der Waals surface area (Å²) in [7, 11) is 0. The van der Waals surface area contributed by atoms with Crippen molar-refractivity contribution in [1.29, 1.82) is 0 Å². The first-order chi connectivity index (χ1) is 13.0. The summed E-state index contributed by atoms with van der Waals surface area (Å²) in [6.45, 7) is 8.09. The fourth-order valence-electron chi connectivity index (χ4n) is 3.30. The zero-order valence-electron chi connectivity index (χ0n) is 16.1. The third kappa shape index (κ3) is 4.37. The van der Waals surface area contributed by atoms with Gasteiger partial charge in [0.05, 0.1) is 0 Å². The number of aryl methyl sites for hydroxylation is 1. The number of H-pyrrole nitrogens is 1. The average Bonchev–Trinajstić information content (AvgIpc) is 2.64. The molecule has 0 amide bonds. The number of nitrogens with zero attached hydrogens (tertiary/aromatic N) is 3. The van der Waals surface area contributed by atoms with Gasteiger partial charge in [-0.2, -0.15) is 4.98 Å². The Morgan fingerprint density at radius 3 is 2.78 bits per heavy atom. The zero-order valence-corrected chi connectivity index (χ0v) is 16.1. The maximum Gasteiger partial charge on any atom is 0.337 e. The van der Waals surface area contributed by atoms with Crippen molar-refractivity contribution in [3.05, 3.63) is 32.4 Å². The second-order valence-electron chi connectivity index (χ2n) is 7.01. The smallest absolute Gasteiger partial charge is 0.337 e. The normalized spacial score (nSPS) is 16.1. The quantitative estimate of drug-likeness (QED) is 0.490. The minimum Gasteiger partial charge on any atom is -0.403 e. The minimum absolute atomic E-state index is 0.0304. The van der Waals surface area contributed by atoms with Crippen molar-refractivity contribution in [2.45, 2.75) is 52.9 Å². The van der Waals surface area contributed by atoms with Crippen molar-refractivity contribution in [3.8, 4) is 6.01 Å². The Kier molecular flexibility index (Phi) is 5.93. The summed E-state index contributed by atoms with van der Waals surface area (Å²) in [6.07, 6.45) is 4.49. The van der Waals surface area contributed by atoms with Crippen LogP contribution in [0.15, 0.2) is 25.2 Å². The van der Waals surface area contributed by atoms with Gasteiger partial charge >= 0.3 is 11.6 Å². The molecule has 1 aliphatic rings. The molecule has 0 bridgehead atoms. The number of oxime groups is 1. The predicted molar refractivity (Wildman–Crippen MR) is 103 cm³/mol. The van der Waals surface area contributed by atoms with Gasteiger partial charge in [0.15, 0.2) is 0 Å². The molecule has 8 heteroatoms. The number of amidine groups is 1. The monoisotopic (exact) mass is 374 g/mol. The van der Waals surface area contributed by atoms with E-state index in [0.717, 1.165) is 50.5 Å². The number of hydrogen-bond donors (Lipinski definition) is 1. The van der Waals surface area contributed by atoms with Crippen molar-refractivity contribution in [2.75, 3.05) is 13.1 Å². The van der Waals surface area contributed by atoms with E-state index in [1.54, 1.807) is 0 Å². The lowest BCUT2D eigenvalue weighted by Crippen LogP contribution is -2.38. The number of fused-ring (bicyclic) bond motifs is 1. The molecule has 8 nitrogen and oxygen atoms in total. The molecule has 1 saturated heterocycles. The first kappa shape index (κ1) is 19.1. The van der Waals surface area contributed by atoms with Gasteiger partial charge in [-0.1, -0.05) is 25.9 Å². The Morgan fingerprint density at radius 2 is 2.11 bits per heavy atom. The summed E-state index contributed by atoms with van der Waals surface area (Å²) in [5, 5.41) is 4.51. The van der Waals surface area contributed by atoms with Gasteiger partial charge in [0.25, 0.3) is 5.56 Å². The molecule has 0 spiro atoms. The average molecular weight is 374 g/mol. The number of hydrogen-bond acceptors (Lipinski definition) is 6. The molecule has 0 aliphatic carbocycles. The Morgan fingerprint density at radius 1 is 1.37 bits per heavy atom. The third-order valence-electron chi connectivity index (χ3n) is 4.92. The van der Waals surface area contributed by atoms with Gasteiger partial charge in [-0.05, 0) is 37.2 Å². The molecule has 1 N–H and O–H groups in total. The van der Waals surface area contributed by atoms with Crippen LogP contribution in [0.25, 0.3) is 11.1 Å². The van der Waals surface area contributed by atoms with Gasteiger partial charge in [0.2, 0.25) is 5.71 Å². The van der Waals surface area contributed by atoms with Gasteiger partial charge < -0.3 is 14.2 Å². The molecule has 1 fully saturated rings. The molecule has 0 aromatic carbocycles. The summed E-state index contributed by atoms with van der Waals surface area (Å²) < 4.78 is 5.08. The lowest BCUT2D eigenvalue weighted by atomic mass is 9.99. The highest BCUT2D eigenvalue weighted by Crippen LogP contribution is 2.18. The predicted octanol–water partition coefficient (Wildman–Crippen LogP) is 2.66. The number of aromatic nitrogens is 2. The van der Waals surface area contributed by atoms with Crippen LogP contribution in [0, 0.1) is 5.92 Å². The Labute approximate surface area is 157 Å². The van der Waals surface area contributed by atoms with Crippen LogP contribution in [0.4, 0.5) is 0 Å². The molecule has 146 valence electrons. The third-order valence-corrected chi connectivity index (χ3v) is 4.92. The van der Waals surface area contributed by atoms with Crippen LogP contribution in [0.1, 0.15) is 52.0 Å². The van der Waals surface area contributed by atoms with E-state index in [1.165, 1.54) is 6.07 Å². The molecule has 0 radical (unpaired) electrons. The first-order valence-electron chi connectivity index (χ1n) is 9.57. The van der Waals surface area contributed by atoms with Crippen LogP contribution < -0.4 is 16.0 Å². The van der Waals surface area contributed by atoms with Gasteiger partial charge in [-0.25, -0.2) is 4.79 Å². The largest absolute Gasteiger partial charge is 0.403 e. The van der Waals surface area contributed by atoms with Crippen LogP contribution >= 0.6 is 0 Å². The minimum atomic E-state index is -0.541. The molecule has 1 aliphatic heterocycles. The fraction of sp³-hybridized carbons (Fsp3) is 0.579. The SMILES string of the molecule is CCC/C(=N\Oc1nc2oc(=O)cc(CC)c2c(=O)[nH]1)N1CCC(C)CC1. The number of nitrogens with one attached hydrogen (secondary N) is 1. The van der Waals surface area contributed by atoms with E-state index in [9.17, 15) is 9.59 Å². The number of rotatable bonds is 5. The van der Waals surface area contributed by atoms with E-state index in [4.69, 9.17) is 9.25 Å². The van der Waals surface area contributed by atoms with E-state index < -0.39 is 11.2 Å². The van der Waals surface area contributed by atoms with E-state index >= 15 is 0 Å². The molecule has 3 rings (SSSR count). The lowest BCUT2D eigenvalue weighted by Gasteiger charge is -2.32. The maximum atomic E-state index is 12.4. The molecule has 27 heavy (non-hydrogen) atoms. The maximum absolute atomic E-state index is 12.4. The highest BCUT2D eigenvalue weighted by Gasteiger charge is 2.19. The zero-order chi connectivity index (χ0) is 19.4. The molecule has 0 saturated carbocycles. The molecular weight excluding hydrogens is 348 g/mol. The van der Waals surface area contributed by atoms with Crippen LogP contribution in [0.2, 0.25) is 0 Å². The van der Waals surface area contributed by atoms with E-state index in [0.29, 0.717) is 12.0 Å². The summed E-state index contributed by atoms with van der Waals surface area (Å²) in [6, 6.07) is 1.23. The summed E-state index contributed by atoms with van der Waals surface area (Å²) in [5.74, 6) is 1.56. The van der Waals surface area contributed by atoms with E-state index in [2.05, 4.69) is 33.9 Å². The Bertz CT molecular complexity index is 939. The standard InChI is InChI=1S/C19H26N4O4/c1-4-6-14(23-9-7-12(3)8-10-23)22-27-19-20-17(25)16-13(5-2)11-15(24)26-18(16)21-19/h11-12H,4-10H2,1-3H3,(H,20,21,25)/b22-14+. The molecule has 0 unspecified atom stereocenters. The summed E-state index contributed by atoms with van der Waals surface area (Å²) in [5.41, 5.74) is -0.382. The van der Waals surface area contributed by atoms with Gasteiger partial charge in [-0.3, -0.25) is 9.78 Å². The van der Waals surface area contributed by atoms with Gasteiger partial charge in [0, 0.05) is 25.6 Å². The Hall–Kier alpha value is -2.64. The van der Waals surface area contributed by atoms with Crippen LogP contribution in [-0.4, -0.2) is 33.8 Å². The second kappa shape index (κ2) is 8.37. The molecule has 3 heterocycles. The van der Waals surface area contributed by atoms with Crippen molar-refractivity contribution in [2.24, 2.45) is 11.1 Å². The number of piperidine rings is 1. The highest BCUT2D eigenvalue weighted by atomic mass is 16.6. The van der Waals surface area contributed by atoms with Crippen LogP contribution in [0.5, 0.6) is 6.01 Å².